The molecule has 1 heterocycles. The average Bonchev–Trinajstić information content (AvgIpc) is 3.02. The number of ether oxygens (including phenoxy) is 2. The van der Waals surface area contributed by atoms with Crippen LogP contribution in [0, 0.1) is 0 Å². The number of hydrogen-bond acceptors (Lipinski definition) is 6. The van der Waals surface area contributed by atoms with Crippen LogP contribution in [0.1, 0.15) is 13.8 Å². The fourth-order valence-electron chi connectivity index (χ4n) is 1.75. The van der Waals surface area contributed by atoms with E-state index in [4.69, 9.17) is 9.47 Å². The third-order valence-electron chi connectivity index (χ3n) is 2.91. The normalized spacial score (nSPS) is 11.7. The van der Waals surface area contributed by atoms with E-state index >= 15 is 0 Å². The van der Waals surface area contributed by atoms with Crippen molar-refractivity contribution in [3.8, 4) is 11.3 Å². The largest absolute Gasteiger partial charge is 0.451 e. The number of hydrogen-bond donors (Lipinski definition) is 1. The zero-order chi connectivity index (χ0) is 16.7. The first-order valence-electron chi connectivity index (χ1n) is 7.19. The highest BCUT2D eigenvalue weighted by molar-refractivity contribution is 7.14. The van der Waals surface area contributed by atoms with Crippen LogP contribution in [0.3, 0.4) is 0 Å². The third kappa shape index (κ3) is 5.15. The summed E-state index contributed by atoms with van der Waals surface area (Å²) >= 11 is 1.31. The molecule has 122 valence electrons. The number of esters is 1. The van der Waals surface area contributed by atoms with Crippen LogP contribution < -0.4 is 5.32 Å². The summed E-state index contributed by atoms with van der Waals surface area (Å²) in [5.41, 5.74) is 1.76. The number of anilines is 1. The minimum Gasteiger partial charge on any atom is -0.451 e. The molecule has 23 heavy (non-hydrogen) atoms. The third-order valence-corrected chi connectivity index (χ3v) is 3.66. The molecular weight excluding hydrogens is 316 g/mol. The molecule has 0 bridgehead atoms. The van der Waals surface area contributed by atoms with Gasteiger partial charge in [-0.2, -0.15) is 0 Å². The molecule has 6 nitrogen and oxygen atoms in total. The molecule has 1 amide bonds. The van der Waals surface area contributed by atoms with Crippen LogP contribution in [0.25, 0.3) is 11.3 Å². The van der Waals surface area contributed by atoms with E-state index in [1.165, 1.54) is 18.3 Å². The Morgan fingerprint density at radius 2 is 2.04 bits per heavy atom. The predicted octanol–water partition coefficient (Wildman–Crippen LogP) is 2.72. The molecule has 7 heteroatoms. The Bertz CT molecular complexity index is 657. The van der Waals surface area contributed by atoms with Crippen molar-refractivity contribution in [3.63, 3.8) is 0 Å². The molecule has 1 atom stereocenters. The number of carbonyl (C=O) groups is 2. The van der Waals surface area contributed by atoms with Crippen LogP contribution in [-0.2, 0) is 19.1 Å². The average molecular weight is 334 g/mol. The van der Waals surface area contributed by atoms with Crippen LogP contribution in [0.2, 0.25) is 0 Å². The summed E-state index contributed by atoms with van der Waals surface area (Å²) in [7, 11) is 0. The zero-order valence-electron chi connectivity index (χ0n) is 12.9. The highest BCUT2D eigenvalue weighted by Crippen LogP contribution is 2.24. The van der Waals surface area contributed by atoms with E-state index in [1.807, 2.05) is 35.7 Å². The van der Waals surface area contributed by atoms with Gasteiger partial charge in [-0.3, -0.25) is 10.1 Å². The van der Waals surface area contributed by atoms with Crippen LogP contribution in [-0.4, -0.2) is 36.2 Å². The van der Waals surface area contributed by atoms with E-state index in [-0.39, 0.29) is 6.61 Å². The predicted molar refractivity (Wildman–Crippen MR) is 88.2 cm³/mol. The highest BCUT2D eigenvalue weighted by Gasteiger charge is 2.19. The standard InChI is InChI=1S/C16H18N2O4S/c1-3-21-9-14(19)22-11(2)15(20)18-16-17-13(10-23-16)12-7-5-4-6-8-12/h4-8,10-11H,3,9H2,1-2H3,(H,17,18,20). The van der Waals surface area contributed by atoms with Gasteiger partial charge in [0, 0.05) is 17.6 Å². The lowest BCUT2D eigenvalue weighted by Gasteiger charge is -2.12. The maximum atomic E-state index is 12.0. The molecule has 0 fully saturated rings. The summed E-state index contributed by atoms with van der Waals surface area (Å²) in [6.07, 6.45) is -0.910. The van der Waals surface area contributed by atoms with Crippen molar-refractivity contribution in [2.24, 2.45) is 0 Å². The zero-order valence-corrected chi connectivity index (χ0v) is 13.8. The minimum absolute atomic E-state index is 0.163. The lowest BCUT2D eigenvalue weighted by atomic mass is 10.2. The quantitative estimate of drug-likeness (QED) is 0.788. The van der Waals surface area contributed by atoms with E-state index in [0.29, 0.717) is 11.7 Å². The smallest absolute Gasteiger partial charge is 0.332 e. The molecule has 2 aromatic rings. The molecule has 1 aromatic carbocycles. The molecule has 0 saturated carbocycles. The van der Waals surface area contributed by atoms with Crippen LogP contribution >= 0.6 is 11.3 Å². The van der Waals surface area contributed by atoms with Crippen LogP contribution in [0.4, 0.5) is 5.13 Å². The number of thiazole rings is 1. The first kappa shape index (κ1) is 17.1. The SMILES string of the molecule is CCOCC(=O)OC(C)C(=O)Nc1nc(-c2ccccc2)cs1. The number of benzene rings is 1. The summed E-state index contributed by atoms with van der Waals surface area (Å²) in [5.74, 6) is -0.998. The summed E-state index contributed by atoms with van der Waals surface area (Å²) in [4.78, 5) is 27.8. The Hall–Kier alpha value is -2.25. The van der Waals surface area contributed by atoms with Crippen molar-refractivity contribution in [3.05, 3.63) is 35.7 Å². The fourth-order valence-corrected chi connectivity index (χ4v) is 2.47. The summed E-state index contributed by atoms with van der Waals surface area (Å²) in [6, 6.07) is 9.66. The molecule has 1 unspecified atom stereocenters. The number of aromatic nitrogens is 1. The number of rotatable bonds is 7. The molecule has 1 N–H and O–H groups in total. The van der Waals surface area contributed by atoms with E-state index in [0.717, 1.165) is 11.3 Å². The van der Waals surface area contributed by atoms with Crippen molar-refractivity contribution in [1.29, 1.82) is 0 Å². The van der Waals surface area contributed by atoms with Crippen LogP contribution in [0.15, 0.2) is 35.7 Å². The summed E-state index contributed by atoms with van der Waals surface area (Å²) in [5, 5.41) is 4.96. The van der Waals surface area contributed by atoms with E-state index in [9.17, 15) is 9.59 Å². The van der Waals surface area contributed by atoms with E-state index < -0.39 is 18.0 Å². The topological polar surface area (TPSA) is 77.5 Å². The van der Waals surface area contributed by atoms with Gasteiger partial charge in [0.25, 0.3) is 5.91 Å². The summed E-state index contributed by atoms with van der Waals surface area (Å²) < 4.78 is 9.91. The second-order valence-electron chi connectivity index (χ2n) is 4.66. The molecule has 1 aromatic heterocycles. The van der Waals surface area contributed by atoms with Crippen LogP contribution in [0.5, 0.6) is 0 Å². The van der Waals surface area contributed by atoms with Gasteiger partial charge in [0.2, 0.25) is 0 Å². The molecule has 0 radical (unpaired) electrons. The number of nitrogens with zero attached hydrogens (tertiary/aromatic N) is 1. The molecule has 0 aliphatic rings. The molecule has 2 rings (SSSR count). The monoisotopic (exact) mass is 334 g/mol. The molecular formula is C16H18N2O4S. The highest BCUT2D eigenvalue weighted by atomic mass is 32.1. The second-order valence-corrected chi connectivity index (χ2v) is 5.52. The maximum Gasteiger partial charge on any atom is 0.332 e. The molecule has 0 aliphatic carbocycles. The van der Waals surface area contributed by atoms with E-state index in [2.05, 4.69) is 10.3 Å². The van der Waals surface area contributed by atoms with Crippen molar-refractivity contribution in [2.75, 3.05) is 18.5 Å². The Morgan fingerprint density at radius 1 is 1.30 bits per heavy atom. The van der Waals surface area contributed by atoms with Gasteiger partial charge in [-0.25, -0.2) is 9.78 Å². The van der Waals surface area contributed by atoms with E-state index in [1.54, 1.807) is 6.92 Å². The number of amides is 1. The first-order chi connectivity index (χ1) is 11.1. The van der Waals surface area contributed by atoms with Gasteiger partial charge >= 0.3 is 5.97 Å². The fraction of sp³-hybridized carbons (Fsp3) is 0.312. The van der Waals surface area contributed by atoms with Gasteiger partial charge in [-0.05, 0) is 13.8 Å². The molecule has 0 spiro atoms. The van der Waals surface area contributed by atoms with Gasteiger partial charge in [0.1, 0.15) is 6.61 Å². The Labute approximate surface area is 138 Å². The second kappa shape index (κ2) is 8.40. The van der Waals surface area contributed by atoms with Gasteiger partial charge in [-0.1, -0.05) is 30.3 Å². The van der Waals surface area contributed by atoms with Gasteiger partial charge < -0.3 is 9.47 Å². The minimum atomic E-state index is -0.910. The lowest BCUT2D eigenvalue weighted by molar-refractivity contribution is -0.157. The summed E-state index contributed by atoms with van der Waals surface area (Å²) in [6.45, 7) is 3.53. The molecule has 0 saturated heterocycles. The van der Waals surface area contributed by atoms with Crippen molar-refractivity contribution in [1.82, 2.24) is 4.98 Å². The van der Waals surface area contributed by atoms with Crippen molar-refractivity contribution < 1.29 is 19.1 Å². The van der Waals surface area contributed by atoms with Crippen molar-refractivity contribution >= 4 is 28.3 Å². The van der Waals surface area contributed by atoms with Gasteiger partial charge in [0.15, 0.2) is 11.2 Å². The van der Waals surface area contributed by atoms with Gasteiger partial charge in [-0.15, -0.1) is 11.3 Å². The first-order valence-corrected chi connectivity index (χ1v) is 8.07. The lowest BCUT2D eigenvalue weighted by Crippen LogP contribution is -2.31. The molecule has 0 aliphatic heterocycles. The van der Waals surface area contributed by atoms with Crippen molar-refractivity contribution in [2.45, 2.75) is 20.0 Å². The Kier molecular flexibility index (Phi) is 6.25. The Morgan fingerprint density at radius 3 is 2.74 bits per heavy atom. The van der Waals surface area contributed by atoms with Gasteiger partial charge in [0.05, 0.1) is 5.69 Å². The number of nitrogens with one attached hydrogen (secondary N) is 1. The number of carbonyl (C=O) groups excluding carboxylic acids is 2. The maximum absolute atomic E-state index is 12.0. The Balaban J connectivity index is 1.90.